The molecule has 0 heterocycles. The number of esters is 2. The summed E-state index contributed by atoms with van der Waals surface area (Å²) in [5, 5.41) is 8.45. The molecule has 0 unspecified atom stereocenters. The van der Waals surface area contributed by atoms with Gasteiger partial charge in [0.2, 0.25) is 0 Å². The first-order chi connectivity index (χ1) is 9.38. The molecule has 0 radical (unpaired) electrons. The number of halogens is 1. The molecule has 0 atom stereocenters. The van der Waals surface area contributed by atoms with Crippen LogP contribution >= 0.6 is 15.9 Å². The van der Waals surface area contributed by atoms with Crippen LogP contribution in [0.15, 0.2) is 40.4 Å². The Labute approximate surface area is 123 Å². The molecular formula is C13H11BrO6. The predicted octanol–water partition coefficient (Wildman–Crippen LogP) is 1.93. The summed E-state index contributed by atoms with van der Waals surface area (Å²) < 4.78 is 10.3. The van der Waals surface area contributed by atoms with Gasteiger partial charge in [0, 0.05) is 16.1 Å². The summed E-state index contributed by atoms with van der Waals surface area (Å²) in [4.78, 5) is 33.1. The van der Waals surface area contributed by atoms with Crippen molar-refractivity contribution in [3.8, 4) is 5.75 Å². The van der Waals surface area contributed by atoms with Crippen molar-refractivity contribution in [1.29, 1.82) is 0 Å². The van der Waals surface area contributed by atoms with Gasteiger partial charge in [0.25, 0.3) is 0 Å². The number of carbonyl (C=O) groups is 3. The van der Waals surface area contributed by atoms with Crippen LogP contribution in [-0.2, 0) is 19.1 Å². The van der Waals surface area contributed by atoms with Crippen LogP contribution in [0.5, 0.6) is 5.75 Å². The molecule has 1 N–H and O–H groups in total. The van der Waals surface area contributed by atoms with Gasteiger partial charge in [-0.3, -0.25) is 0 Å². The molecule has 106 valence electrons. The quantitative estimate of drug-likeness (QED) is 0.499. The van der Waals surface area contributed by atoms with E-state index in [1.54, 1.807) is 24.3 Å². The van der Waals surface area contributed by atoms with Crippen LogP contribution in [0.4, 0.5) is 0 Å². The van der Waals surface area contributed by atoms with E-state index in [9.17, 15) is 14.4 Å². The second kappa shape index (κ2) is 7.44. The van der Waals surface area contributed by atoms with Crippen LogP contribution in [0.1, 0.15) is 6.92 Å². The van der Waals surface area contributed by atoms with Gasteiger partial charge in [-0.1, -0.05) is 15.9 Å². The summed E-state index contributed by atoms with van der Waals surface area (Å²) in [5.41, 5.74) is -0.117. The molecule has 6 nitrogen and oxygen atoms in total. The van der Waals surface area contributed by atoms with Crippen molar-refractivity contribution in [2.24, 2.45) is 0 Å². The smallest absolute Gasteiger partial charge is 0.349 e. The molecule has 0 aliphatic rings. The summed E-state index contributed by atoms with van der Waals surface area (Å²) in [6.45, 7) is 0.677. The fourth-order valence-corrected chi connectivity index (χ4v) is 1.41. The van der Waals surface area contributed by atoms with E-state index in [1.165, 1.54) is 6.92 Å². The van der Waals surface area contributed by atoms with Crippen molar-refractivity contribution in [3.05, 3.63) is 40.4 Å². The molecule has 0 saturated heterocycles. The molecule has 1 rings (SSSR count). The van der Waals surface area contributed by atoms with E-state index in [0.29, 0.717) is 11.8 Å². The summed E-state index contributed by atoms with van der Waals surface area (Å²) in [6, 6.07) is 6.52. The highest BCUT2D eigenvalue weighted by Gasteiger charge is 2.12. The fourth-order valence-electron chi connectivity index (χ4n) is 1.15. The maximum absolute atomic E-state index is 11.4. The van der Waals surface area contributed by atoms with E-state index < -0.39 is 24.5 Å². The summed E-state index contributed by atoms with van der Waals surface area (Å²) in [6.07, 6.45) is 0.697. The Kier molecular flexibility index (Phi) is 5.92. The summed E-state index contributed by atoms with van der Waals surface area (Å²) >= 11 is 3.23. The molecule has 20 heavy (non-hydrogen) atoms. The maximum atomic E-state index is 11.4. The van der Waals surface area contributed by atoms with Gasteiger partial charge in [-0.25, -0.2) is 14.4 Å². The van der Waals surface area contributed by atoms with E-state index in [0.717, 1.165) is 4.47 Å². The van der Waals surface area contributed by atoms with E-state index >= 15 is 0 Å². The Balaban J connectivity index is 2.46. The zero-order valence-corrected chi connectivity index (χ0v) is 12.0. The molecule has 7 heteroatoms. The lowest BCUT2D eigenvalue weighted by atomic mass is 10.3. The van der Waals surface area contributed by atoms with Gasteiger partial charge in [0.1, 0.15) is 5.75 Å². The number of ether oxygens (including phenoxy) is 2. The van der Waals surface area contributed by atoms with E-state index in [1.807, 2.05) is 0 Å². The maximum Gasteiger partial charge on any atom is 0.349 e. The zero-order valence-electron chi connectivity index (χ0n) is 10.5. The number of carbonyl (C=O) groups excluding carboxylic acids is 2. The number of benzene rings is 1. The van der Waals surface area contributed by atoms with Crippen molar-refractivity contribution in [3.63, 3.8) is 0 Å². The lowest BCUT2D eigenvalue weighted by molar-refractivity contribution is -0.150. The largest absolute Gasteiger partial charge is 0.478 e. The Bertz CT molecular complexity index is 546. The lowest BCUT2D eigenvalue weighted by Crippen LogP contribution is -2.19. The molecule has 0 amide bonds. The number of hydrogen-bond donors (Lipinski definition) is 1. The first-order valence-electron chi connectivity index (χ1n) is 5.43. The fraction of sp³-hybridized carbons (Fsp3) is 0.154. The second-order valence-electron chi connectivity index (χ2n) is 3.67. The average molecular weight is 343 g/mol. The van der Waals surface area contributed by atoms with Gasteiger partial charge in [0.05, 0.1) is 0 Å². The molecule has 0 spiro atoms. The predicted molar refractivity (Wildman–Crippen MR) is 72.1 cm³/mol. The van der Waals surface area contributed by atoms with Crippen molar-refractivity contribution in [1.82, 2.24) is 0 Å². The molecular weight excluding hydrogens is 332 g/mol. The normalized spacial score (nSPS) is 10.8. The van der Waals surface area contributed by atoms with Gasteiger partial charge in [0.15, 0.2) is 6.61 Å². The minimum atomic E-state index is -1.27. The second-order valence-corrected chi connectivity index (χ2v) is 4.59. The Morgan fingerprint density at radius 2 is 1.85 bits per heavy atom. The number of carboxylic acids is 1. The highest BCUT2D eigenvalue weighted by atomic mass is 79.9. The highest BCUT2D eigenvalue weighted by molar-refractivity contribution is 9.10. The third kappa shape index (κ3) is 5.66. The molecule has 0 aliphatic heterocycles. The first kappa shape index (κ1) is 15.9. The molecule has 1 aromatic carbocycles. The Hall–Kier alpha value is -2.15. The zero-order chi connectivity index (χ0) is 15.1. The summed E-state index contributed by atoms with van der Waals surface area (Å²) in [7, 11) is 0. The van der Waals surface area contributed by atoms with Crippen molar-refractivity contribution >= 4 is 33.8 Å². The minimum absolute atomic E-state index is 0.117. The summed E-state index contributed by atoms with van der Waals surface area (Å²) in [5.74, 6) is -2.60. The van der Waals surface area contributed by atoms with Crippen LogP contribution in [0.25, 0.3) is 0 Å². The van der Waals surface area contributed by atoms with E-state index in [-0.39, 0.29) is 5.57 Å². The molecule has 1 aromatic rings. The van der Waals surface area contributed by atoms with Crippen LogP contribution in [-0.4, -0.2) is 29.6 Å². The standard InChI is InChI=1S/C13H11BrO6/c1-8(6-11(15)16)13(18)19-7-12(17)20-10-4-2-9(14)3-5-10/h2-6H,7H2,1H3,(H,15,16)/b8-6-. The van der Waals surface area contributed by atoms with Crippen molar-refractivity contribution in [2.45, 2.75) is 6.92 Å². The molecule has 0 aliphatic carbocycles. The number of rotatable bonds is 5. The average Bonchev–Trinajstić information content (AvgIpc) is 2.38. The van der Waals surface area contributed by atoms with Crippen LogP contribution in [0, 0.1) is 0 Å². The SMILES string of the molecule is C/C(=C/C(=O)O)C(=O)OCC(=O)Oc1ccc(Br)cc1. The Morgan fingerprint density at radius 1 is 1.25 bits per heavy atom. The van der Waals surface area contributed by atoms with E-state index in [2.05, 4.69) is 20.7 Å². The van der Waals surface area contributed by atoms with Gasteiger partial charge in [-0.2, -0.15) is 0 Å². The molecule has 0 bridgehead atoms. The number of hydrogen-bond acceptors (Lipinski definition) is 5. The number of carboxylic acid groups (broad SMARTS) is 1. The van der Waals surface area contributed by atoms with Crippen molar-refractivity contribution in [2.75, 3.05) is 6.61 Å². The van der Waals surface area contributed by atoms with Gasteiger partial charge in [-0.15, -0.1) is 0 Å². The highest BCUT2D eigenvalue weighted by Crippen LogP contribution is 2.16. The molecule has 0 saturated carbocycles. The van der Waals surface area contributed by atoms with Gasteiger partial charge >= 0.3 is 17.9 Å². The lowest BCUT2D eigenvalue weighted by Gasteiger charge is -2.05. The third-order valence-corrected chi connectivity index (χ3v) is 2.56. The minimum Gasteiger partial charge on any atom is -0.478 e. The Morgan fingerprint density at radius 3 is 2.40 bits per heavy atom. The van der Waals surface area contributed by atoms with Gasteiger partial charge in [-0.05, 0) is 31.2 Å². The van der Waals surface area contributed by atoms with Crippen LogP contribution in [0.3, 0.4) is 0 Å². The van der Waals surface area contributed by atoms with Crippen LogP contribution < -0.4 is 4.74 Å². The molecule has 0 aromatic heterocycles. The monoisotopic (exact) mass is 342 g/mol. The third-order valence-electron chi connectivity index (χ3n) is 2.03. The molecule has 0 fully saturated rings. The van der Waals surface area contributed by atoms with Gasteiger partial charge < -0.3 is 14.6 Å². The van der Waals surface area contributed by atoms with Crippen molar-refractivity contribution < 1.29 is 29.0 Å². The van der Waals surface area contributed by atoms with Crippen LogP contribution in [0.2, 0.25) is 0 Å². The number of aliphatic carboxylic acids is 1. The van der Waals surface area contributed by atoms with E-state index in [4.69, 9.17) is 9.84 Å². The first-order valence-corrected chi connectivity index (χ1v) is 6.22. The topological polar surface area (TPSA) is 89.9 Å².